The van der Waals surface area contributed by atoms with E-state index in [1.807, 2.05) is 0 Å². The molecule has 0 radical (unpaired) electrons. The van der Waals surface area contributed by atoms with Crippen LogP contribution in [0.5, 0.6) is 0 Å². The van der Waals surface area contributed by atoms with Gasteiger partial charge >= 0.3 is 5.97 Å². The summed E-state index contributed by atoms with van der Waals surface area (Å²) in [4.78, 5) is 10.8. The van der Waals surface area contributed by atoms with Gasteiger partial charge in [-0.25, -0.2) is 9.31 Å². The number of halogens is 1. The van der Waals surface area contributed by atoms with Gasteiger partial charge in [-0.3, -0.25) is 0 Å². The van der Waals surface area contributed by atoms with E-state index in [1.165, 1.54) is 10.6 Å². The zero-order valence-corrected chi connectivity index (χ0v) is 8.02. The number of carbonyl (C=O) groups is 1. The Balaban J connectivity index is 2.85. The number of nitrogens with zero attached hydrogens (tertiary/aromatic N) is 2. The summed E-state index contributed by atoms with van der Waals surface area (Å²) < 4.78 is 2.17. The molecular weight excluding hydrogens is 236 g/mol. The van der Waals surface area contributed by atoms with Crippen LogP contribution in [-0.2, 0) is 0 Å². The molecule has 0 bridgehead atoms. The van der Waals surface area contributed by atoms with Crippen LogP contribution < -0.4 is 0 Å². The van der Waals surface area contributed by atoms with E-state index in [0.29, 0.717) is 10.1 Å². The summed E-state index contributed by atoms with van der Waals surface area (Å²) in [5.41, 5.74) is 0.835. The lowest BCUT2D eigenvalue weighted by Crippen LogP contribution is -1.96. The van der Waals surface area contributed by atoms with Gasteiger partial charge in [0.25, 0.3) is 0 Å². The van der Waals surface area contributed by atoms with E-state index in [9.17, 15) is 4.79 Å². The number of hydrogen-bond acceptors (Lipinski definition) is 2. The molecule has 0 fully saturated rings. The number of carboxylic acids is 1. The molecule has 4 nitrogen and oxygen atoms in total. The summed E-state index contributed by atoms with van der Waals surface area (Å²) in [7, 11) is 0. The second-order valence-electron chi connectivity index (χ2n) is 2.51. The Labute approximate surface area is 81.9 Å². The molecule has 0 spiro atoms. The highest BCUT2D eigenvalue weighted by Crippen LogP contribution is 2.19. The first-order valence-electron chi connectivity index (χ1n) is 3.55. The molecule has 2 aromatic rings. The molecule has 13 heavy (non-hydrogen) atoms. The van der Waals surface area contributed by atoms with Crippen molar-refractivity contribution in [2.24, 2.45) is 0 Å². The predicted octanol–water partition coefficient (Wildman–Crippen LogP) is 1.79. The fraction of sp³-hybridized carbons (Fsp3) is 0. The van der Waals surface area contributed by atoms with Gasteiger partial charge in [0.05, 0.1) is 11.1 Å². The van der Waals surface area contributed by atoms with E-state index < -0.39 is 5.97 Å². The Bertz CT molecular complexity index is 478. The van der Waals surface area contributed by atoms with Crippen molar-refractivity contribution in [1.29, 1.82) is 0 Å². The van der Waals surface area contributed by atoms with Crippen molar-refractivity contribution in [3.05, 3.63) is 34.6 Å². The zero-order valence-electron chi connectivity index (χ0n) is 6.44. The molecule has 66 valence electrons. The third-order valence-electron chi connectivity index (χ3n) is 1.72. The number of hydrogen-bond donors (Lipinski definition) is 1. The lowest BCUT2D eigenvalue weighted by Gasteiger charge is -1.93. The number of aromatic carboxylic acids is 1. The highest BCUT2D eigenvalue weighted by Gasteiger charge is 2.12. The minimum absolute atomic E-state index is 0.250. The van der Waals surface area contributed by atoms with Crippen molar-refractivity contribution < 1.29 is 9.90 Å². The summed E-state index contributed by atoms with van der Waals surface area (Å²) in [6, 6.07) is 4.94. The van der Waals surface area contributed by atoms with Crippen LogP contribution >= 0.6 is 15.9 Å². The molecule has 0 aliphatic rings. The van der Waals surface area contributed by atoms with E-state index in [-0.39, 0.29) is 5.56 Å². The highest BCUT2D eigenvalue weighted by atomic mass is 79.9. The van der Waals surface area contributed by atoms with Crippen LogP contribution in [0.1, 0.15) is 10.4 Å². The number of aromatic nitrogens is 2. The smallest absolute Gasteiger partial charge is 0.337 e. The van der Waals surface area contributed by atoms with Crippen LogP contribution in [0, 0.1) is 0 Å². The Hall–Kier alpha value is -1.36. The van der Waals surface area contributed by atoms with Crippen molar-refractivity contribution in [2.75, 3.05) is 0 Å². The molecule has 0 amide bonds. The molecule has 2 aromatic heterocycles. The van der Waals surface area contributed by atoms with E-state index in [0.717, 1.165) is 0 Å². The fourth-order valence-corrected chi connectivity index (χ4v) is 1.68. The normalized spacial score (nSPS) is 10.5. The molecule has 5 heteroatoms. The third-order valence-corrected chi connectivity index (χ3v) is 2.29. The Kier molecular flexibility index (Phi) is 1.81. The van der Waals surface area contributed by atoms with E-state index in [1.54, 1.807) is 18.3 Å². The molecule has 1 N–H and O–H groups in total. The van der Waals surface area contributed by atoms with Crippen LogP contribution in [-0.4, -0.2) is 20.7 Å². The summed E-state index contributed by atoms with van der Waals surface area (Å²) in [5, 5.41) is 12.8. The fourth-order valence-electron chi connectivity index (χ4n) is 1.17. The summed E-state index contributed by atoms with van der Waals surface area (Å²) >= 11 is 3.22. The first kappa shape index (κ1) is 8.25. The maximum Gasteiger partial charge on any atom is 0.337 e. The van der Waals surface area contributed by atoms with Crippen LogP contribution in [0.25, 0.3) is 5.52 Å². The van der Waals surface area contributed by atoms with Crippen LogP contribution in [0.4, 0.5) is 0 Å². The van der Waals surface area contributed by atoms with Crippen molar-refractivity contribution in [3.63, 3.8) is 0 Å². The Morgan fingerprint density at radius 3 is 3.08 bits per heavy atom. The summed E-state index contributed by atoms with van der Waals surface area (Å²) in [5.74, 6) is -0.948. The average Bonchev–Trinajstić information content (AvgIpc) is 2.45. The minimum Gasteiger partial charge on any atom is -0.478 e. The van der Waals surface area contributed by atoms with Gasteiger partial charge in [-0.1, -0.05) is 0 Å². The standard InChI is InChI=1S/C8H5BrN2O2/c9-7-4-5(8(12)13)6-2-1-3-10-11(6)7/h1-4H,(H,12,13). The van der Waals surface area contributed by atoms with Crippen molar-refractivity contribution >= 4 is 27.4 Å². The summed E-state index contributed by atoms with van der Waals surface area (Å²) in [6.45, 7) is 0. The van der Waals surface area contributed by atoms with Crippen LogP contribution in [0.2, 0.25) is 0 Å². The maximum atomic E-state index is 10.8. The van der Waals surface area contributed by atoms with Crippen molar-refractivity contribution in [2.45, 2.75) is 0 Å². The molecule has 2 heterocycles. The Morgan fingerprint density at radius 2 is 2.38 bits per heavy atom. The molecule has 0 atom stereocenters. The lowest BCUT2D eigenvalue weighted by molar-refractivity contribution is 0.0699. The number of carboxylic acid groups (broad SMARTS) is 1. The van der Waals surface area contributed by atoms with Crippen molar-refractivity contribution in [3.8, 4) is 0 Å². The van der Waals surface area contributed by atoms with Crippen LogP contribution in [0.3, 0.4) is 0 Å². The van der Waals surface area contributed by atoms with E-state index >= 15 is 0 Å². The average molecular weight is 241 g/mol. The molecule has 0 aliphatic carbocycles. The lowest BCUT2D eigenvalue weighted by atomic mass is 10.3. The first-order valence-corrected chi connectivity index (χ1v) is 4.35. The molecule has 0 unspecified atom stereocenters. The molecule has 2 rings (SSSR count). The molecule has 0 saturated carbocycles. The third kappa shape index (κ3) is 1.21. The SMILES string of the molecule is O=C(O)c1cc(Br)n2ncccc12. The van der Waals surface area contributed by atoms with Gasteiger partial charge in [0.2, 0.25) is 0 Å². The second-order valence-corrected chi connectivity index (χ2v) is 3.32. The first-order chi connectivity index (χ1) is 6.20. The van der Waals surface area contributed by atoms with Gasteiger partial charge in [-0.2, -0.15) is 5.10 Å². The number of rotatable bonds is 1. The highest BCUT2D eigenvalue weighted by molar-refractivity contribution is 9.10. The van der Waals surface area contributed by atoms with Gasteiger partial charge in [-0.15, -0.1) is 0 Å². The largest absolute Gasteiger partial charge is 0.478 e. The molecule has 0 saturated heterocycles. The van der Waals surface area contributed by atoms with E-state index in [2.05, 4.69) is 21.0 Å². The van der Waals surface area contributed by atoms with Gasteiger partial charge in [0, 0.05) is 6.20 Å². The van der Waals surface area contributed by atoms with E-state index in [4.69, 9.17) is 5.11 Å². The van der Waals surface area contributed by atoms with Crippen LogP contribution in [0.15, 0.2) is 29.0 Å². The topological polar surface area (TPSA) is 54.6 Å². The van der Waals surface area contributed by atoms with Gasteiger partial charge < -0.3 is 5.11 Å². The predicted molar refractivity (Wildman–Crippen MR) is 49.9 cm³/mol. The second kappa shape index (κ2) is 2.85. The Morgan fingerprint density at radius 1 is 1.62 bits per heavy atom. The minimum atomic E-state index is -0.948. The van der Waals surface area contributed by atoms with Gasteiger partial charge in [0.15, 0.2) is 0 Å². The molecular formula is C8H5BrN2O2. The summed E-state index contributed by atoms with van der Waals surface area (Å²) in [6.07, 6.45) is 1.60. The van der Waals surface area contributed by atoms with Gasteiger partial charge in [0.1, 0.15) is 4.60 Å². The molecule has 0 aromatic carbocycles. The van der Waals surface area contributed by atoms with Gasteiger partial charge in [-0.05, 0) is 34.1 Å². The zero-order chi connectivity index (χ0) is 9.42. The number of fused-ring (bicyclic) bond motifs is 1. The maximum absolute atomic E-state index is 10.8. The van der Waals surface area contributed by atoms with Crippen molar-refractivity contribution in [1.82, 2.24) is 9.61 Å². The monoisotopic (exact) mass is 240 g/mol. The molecule has 0 aliphatic heterocycles. The quantitative estimate of drug-likeness (QED) is 0.828.